The first kappa shape index (κ1) is 17.9. The Balaban J connectivity index is 1.83. The molecular weight excluding hydrogens is 298 g/mol. The largest absolute Gasteiger partial charge is 0.385 e. The Morgan fingerprint density at radius 2 is 1.71 bits per heavy atom. The van der Waals surface area contributed by atoms with Gasteiger partial charge < -0.3 is 15.5 Å². The molecule has 0 aliphatic rings. The van der Waals surface area contributed by atoms with Crippen LogP contribution < -0.4 is 15.5 Å². The molecule has 0 spiro atoms. The van der Waals surface area contributed by atoms with E-state index in [0.717, 1.165) is 22.6 Å². The zero-order chi connectivity index (χ0) is 17.5. The van der Waals surface area contributed by atoms with E-state index in [1.165, 1.54) is 0 Å². The molecule has 0 saturated carbocycles. The summed E-state index contributed by atoms with van der Waals surface area (Å²) in [6, 6.07) is 16.1. The summed E-state index contributed by atoms with van der Waals surface area (Å²) < 4.78 is 0. The second kappa shape index (κ2) is 8.39. The summed E-state index contributed by atoms with van der Waals surface area (Å²) in [4.78, 5) is 14.2. The average Bonchev–Trinajstić information content (AvgIpc) is 2.55. The van der Waals surface area contributed by atoms with E-state index in [4.69, 9.17) is 0 Å². The number of carbonyl (C=O) groups excluding carboxylic acids is 1. The van der Waals surface area contributed by atoms with Crippen LogP contribution in [0.4, 0.5) is 17.1 Å². The molecule has 1 amide bonds. The zero-order valence-corrected chi connectivity index (χ0v) is 15.0. The second-order valence-electron chi connectivity index (χ2n) is 6.41. The van der Waals surface area contributed by atoms with Gasteiger partial charge in [0.25, 0.3) is 0 Å². The highest BCUT2D eigenvalue weighted by atomic mass is 16.1. The van der Waals surface area contributed by atoms with Gasteiger partial charge in [-0.3, -0.25) is 4.79 Å². The number of nitrogens with zero attached hydrogens (tertiary/aromatic N) is 1. The summed E-state index contributed by atoms with van der Waals surface area (Å²) in [6.45, 7) is 4.87. The molecule has 0 bridgehead atoms. The van der Waals surface area contributed by atoms with Gasteiger partial charge in [0.05, 0.1) is 0 Å². The molecule has 128 valence electrons. The number of anilines is 3. The van der Waals surface area contributed by atoms with Crippen molar-refractivity contribution < 1.29 is 4.79 Å². The Morgan fingerprint density at radius 1 is 1.04 bits per heavy atom. The number of benzene rings is 2. The molecule has 2 aromatic carbocycles. The summed E-state index contributed by atoms with van der Waals surface area (Å²) in [7, 11) is 4.03. The SMILES string of the molecule is CC(C)c1ccccc1NC(=O)CCNc1ccc(N(C)C)cc1. The van der Waals surface area contributed by atoms with Crippen LogP contribution in [0.5, 0.6) is 0 Å². The number of carbonyl (C=O) groups is 1. The number of para-hydroxylation sites is 1. The van der Waals surface area contributed by atoms with Crippen molar-refractivity contribution in [1.29, 1.82) is 0 Å². The maximum absolute atomic E-state index is 12.2. The number of rotatable bonds is 7. The minimum Gasteiger partial charge on any atom is -0.385 e. The second-order valence-corrected chi connectivity index (χ2v) is 6.41. The van der Waals surface area contributed by atoms with Crippen molar-refractivity contribution in [3.63, 3.8) is 0 Å². The van der Waals surface area contributed by atoms with Crippen molar-refractivity contribution in [2.75, 3.05) is 36.2 Å². The first-order valence-electron chi connectivity index (χ1n) is 8.37. The van der Waals surface area contributed by atoms with Gasteiger partial charge in [-0.15, -0.1) is 0 Å². The van der Waals surface area contributed by atoms with E-state index in [9.17, 15) is 4.79 Å². The van der Waals surface area contributed by atoms with Gasteiger partial charge in [0.2, 0.25) is 5.91 Å². The van der Waals surface area contributed by atoms with Crippen molar-refractivity contribution in [1.82, 2.24) is 0 Å². The van der Waals surface area contributed by atoms with Crippen molar-refractivity contribution in [2.24, 2.45) is 0 Å². The van der Waals surface area contributed by atoms with Crippen LogP contribution in [0.1, 0.15) is 31.7 Å². The number of amides is 1. The summed E-state index contributed by atoms with van der Waals surface area (Å²) >= 11 is 0. The van der Waals surface area contributed by atoms with E-state index in [0.29, 0.717) is 18.9 Å². The lowest BCUT2D eigenvalue weighted by Gasteiger charge is -2.14. The molecule has 0 radical (unpaired) electrons. The Kier molecular flexibility index (Phi) is 6.24. The van der Waals surface area contributed by atoms with Crippen molar-refractivity contribution in [3.05, 3.63) is 54.1 Å². The van der Waals surface area contributed by atoms with E-state index >= 15 is 0 Å². The molecule has 4 heteroatoms. The fourth-order valence-electron chi connectivity index (χ4n) is 2.52. The van der Waals surface area contributed by atoms with Gasteiger partial charge in [-0.05, 0) is 41.8 Å². The first-order chi connectivity index (χ1) is 11.5. The highest BCUT2D eigenvalue weighted by Crippen LogP contribution is 2.23. The number of hydrogen-bond donors (Lipinski definition) is 2. The Morgan fingerprint density at radius 3 is 2.33 bits per heavy atom. The number of nitrogens with one attached hydrogen (secondary N) is 2. The van der Waals surface area contributed by atoms with Gasteiger partial charge in [-0.25, -0.2) is 0 Å². The molecule has 2 aromatic rings. The molecule has 0 fully saturated rings. The lowest BCUT2D eigenvalue weighted by atomic mass is 10.0. The van der Waals surface area contributed by atoms with Gasteiger partial charge >= 0.3 is 0 Å². The Bertz CT molecular complexity index is 663. The maximum atomic E-state index is 12.2. The molecule has 0 unspecified atom stereocenters. The molecule has 2 rings (SSSR count). The molecule has 0 aliphatic heterocycles. The Labute approximate surface area is 144 Å². The minimum absolute atomic E-state index is 0.0283. The van der Waals surface area contributed by atoms with Crippen LogP contribution in [0, 0.1) is 0 Å². The van der Waals surface area contributed by atoms with E-state index in [2.05, 4.69) is 47.6 Å². The summed E-state index contributed by atoms with van der Waals surface area (Å²) in [6.07, 6.45) is 0.432. The van der Waals surface area contributed by atoms with Gasteiger partial charge in [0.15, 0.2) is 0 Å². The van der Waals surface area contributed by atoms with E-state index in [1.807, 2.05) is 44.4 Å². The fourth-order valence-corrected chi connectivity index (χ4v) is 2.52. The van der Waals surface area contributed by atoms with Gasteiger partial charge in [-0.1, -0.05) is 32.0 Å². The van der Waals surface area contributed by atoms with E-state index < -0.39 is 0 Å². The highest BCUT2D eigenvalue weighted by molar-refractivity contribution is 5.91. The molecular formula is C20H27N3O. The molecule has 2 N–H and O–H groups in total. The normalized spacial score (nSPS) is 10.5. The minimum atomic E-state index is 0.0283. The molecule has 0 atom stereocenters. The van der Waals surface area contributed by atoms with Crippen LogP contribution in [-0.2, 0) is 4.79 Å². The fraction of sp³-hybridized carbons (Fsp3) is 0.350. The van der Waals surface area contributed by atoms with Crippen LogP contribution in [-0.4, -0.2) is 26.5 Å². The predicted octanol–water partition coefficient (Wildman–Crippen LogP) is 4.32. The van der Waals surface area contributed by atoms with E-state index in [-0.39, 0.29) is 5.91 Å². The monoisotopic (exact) mass is 325 g/mol. The first-order valence-corrected chi connectivity index (χ1v) is 8.37. The molecule has 0 heterocycles. The van der Waals surface area contributed by atoms with Crippen LogP contribution in [0.2, 0.25) is 0 Å². The van der Waals surface area contributed by atoms with Crippen LogP contribution in [0.15, 0.2) is 48.5 Å². The molecule has 0 saturated heterocycles. The van der Waals surface area contributed by atoms with Crippen molar-refractivity contribution >= 4 is 23.0 Å². The third kappa shape index (κ3) is 5.01. The highest BCUT2D eigenvalue weighted by Gasteiger charge is 2.08. The van der Waals surface area contributed by atoms with Gasteiger partial charge in [0, 0.05) is 44.1 Å². The van der Waals surface area contributed by atoms with Gasteiger partial charge in [0.1, 0.15) is 0 Å². The van der Waals surface area contributed by atoms with Crippen LogP contribution in [0.3, 0.4) is 0 Å². The van der Waals surface area contributed by atoms with Gasteiger partial charge in [-0.2, -0.15) is 0 Å². The standard InChI is InChI=1S/C20H27N3O/c1-15(2)18-7-5-6-8-19(18)22-20(24)13-14-21-16-9-11-17(12-10-16)23(3)4/h5-12,15,21H,13-14H2,1-4H3,(H,22,24). The quantitative estimate of drug-likeness (QED) is 0.797. The summed E-state index contributed by atoms with van der Waals surface area (Å²) in [5.41, 5.74) is 4.26. The Hall–Kier alpha value is -2.49. The number of hydrogen-bond acceptors (Lipinski definition) is 3. The topological polar surface area (TPSA) is 44.4 Å². The lowest BCUT2D eigenvalue weighted by Crippen LogP contribution is -2.17. The average molecular weight is 325 g/mol. The zero-order valence-electron chi connectivity index (χ0n) is 15.0. The van der Waals surface area contributed by atoms with Crippen LogP contribution >= 0.6 is 0 Å². The summed E-state index contributed by atoms with van der Waals surface area (Å²) in [5, 5.41) is 6.30. The predicted molar refractivity (Wildman–Crippen MR) is 103 cm³/mol. The van der Waals surface area contributed by atoms with E-state index in [1.54, 1.807) is 0 Å². The third-order valence-electron chi connectivity index (χ3n) is 3.92. The smallest absolute Gasteiger partial charge is 0.226 e. The third-order valence-corrected chi connectivity index (χ3v) is 3.92. The maximum Gasteiger partial charge on any atom is 0.226 e. The van der Waals surface area contributed by atoms with Crippen LogP contribution in [0.25, 0.3) is 0 Å². The van der Waals surface area contributed by atoms with Crippen molar-refractivity contribution in [3.8, 4) is 0 Å². The summed E-state index contributed by atoms with van der Waals surface area (Å²) in [5.74, 6) is 0.412. The molecule has 0 aromatic heterocycles. The molecule has 24 heavy (non-hydrogen) atoms. The molecule has 0 aliphatic carbocycles. The van der Waals surface area contributed by atoms with Crippen molar-refractivity contribution in [2.45, 2.75) is 26.2 Å². The lowest BCUT2D eigenvalue weighted by molar-refractivity contribution is -0.115. The molecule has 4 nitrogen and oxygen atoms in total.